The number of rotatable bonds is 11. The summed E-state index contributed by atoms with van der Waals surface area (Å²) in [7, 11) is -3.17. The van der Waals surface area contributed by atoms with E-state index in [4.69, 9.17) is 4.74 Å². The summed E-state index contributed by atoms with van der Waals surface area (Å²) in [6.45, 7) is 6.39. The van der Waals surface area contributed by atoms with Gasteiger partial charge >= 0.3 is 0 Å². The molecular formula is C18H31IN4O3S. The molecule has 0 amide bonds. The largest absolute Gasteiger partial charge is 0.493 e. The minimum atomic E-state index is -3.17. The van der Waals surface area contributed by atoms with Crippen LogP contribution in [0.2, 0.25) is 0 Å². The van der Waals surface area contributed by atoms with E-state index >= 15 is 0 Å². The maximum Gasteiger partial charge on any atom is 0.211 e. The van der Waals surface area contributed by atoms with Crippen LogP contribution in [0, 0.1) is 5.92 Å². The van der Waals surface area contributed by atoms with Crippen LogP contribution >= 0.6 is 24.0 Å². The highest BCUT2D eigenvalue weighted by molar-refractivity contribution is 14.0. The van der Waals surface area contributed by atoms with Crippen molar-refractivity contribution < 1.29 is 13.2 Å². The zero-order valence-corrected chi connectivity index (χ0v) is 19.2. The van der Waals surface area contributed by atoms with E-state index < -0.39 is 10.0 Å². The van der Waals surface area contributed by atoms with Gasteiger partial charge in [-0.2, -0.15) is 0 Å². The van der Waals surface area contributed by atoms with Gasteiger partial charge in [-0.3, -0.25) is 0 Å². The molecule has 1 aromatic rings. The van der Waals surface area contributed by atoms with E-state index in [0.29, 0.717) is 31.5 Å². The van der Waals surface area contributed by atoms with E-state index in [9.17, 15) is 8.42 Å². The molecule has 0 aromatic heterocycles. The second-order valence-electron chi connectivity index (χ2n) is 6.28. The number of nitrogens with zero attached hydrogens (tertiary/aromatic N) is 1. The number of ether oxygens (including phenoxy) is 1. The van der Waals surface area contributed by atoms with Gasteiger partial charge in [-0.15, -0.1) is 24.0 Å². The van der Waals surface area contributed by atoms with Crippen molar-refractivity contribution in [3.05, 3.63) is 29.8 Å². The SMILES string of the molecule is CCNC(=NCc1ccccc1OCC1CC1)NCCNS(=O)(=O)CC.I. The van der Waals surface area contributed by atoms with Crippen LogP contribution in [0.1, 0.15) is 32.3 Å². The van der Waals surface area contributed by atoms with Crippen LogP contribution in [0.3, 0.4) is 0 Å². The van der Waals surface area contributed by atoms with Gasteiger partial charge in [0.15, 0.2) is 5.96 Å². The maximum absolute atomic E-state index is 11.4. The molecule has 9 heteroatoms. The van der Waals surface area contributed by atoms with Gasteiger partial charge in [-0.1, -0.05) is 18.2 Å². The molecule has 1 aromatic carbocycles. The molecule has 0 heterocycles. The Hall–Kier alpha value is -1.07. The molecule has 0 saturated heterocycles. The molecule has 7 nitrogen and oxygen atoms in total. The van der Waals surface area contributed by atoms with Gasteiger partial charge < -0.3 is 15.4 Å². The Labute approximate surface area is 179 Å². The predicted molar refractivity (Wildman–Crippen MR) is 120 cm³/mol. The lowest BCUT2D eigenvalue weighted by Crippen LogP contribution is -2.41. The summed E-state index contributed by atoms with van der Waals surface area (Å²) in [5.74, 6) is 2.33. The Morgan fingerprint density at radius 2 is 1.93 bits per heavy atom. The fourth-order valence-corrected chi connectivity index (χ4v) is 2.88. The topological polar surface area (TPSA) is 91.8 Å². The highest BCUT2D eigenvalue weighted by Crippen LogP contribution is 2.30. The van der Waals surface area contributed by atoms with E-state index in [0.717, 1.165) is 24.5 Å². The van der Waals surface area contributed by atoms with E-state index in [1.54, 1.807) is 6.92 Å². The molecule has 1 aliphatic rings. The molecule has 0 spiro atoms. The van der Waals surface area contributed by atoms with Crippen molar-refractivity contribution in [1.29, 1.82) is 0 Å². The summed E-state index contributed by atoms with van der Waals surface area (Å²) >= 11 is 0. The van der Waals surface area contributed by atoms with Crippen molar-refractivity contribution in [2.75, 3.05) is 32.0 Å². The van der Waals surface area contributed by atoms with Crippen LogP contribution in [0.4, 0.5) is 0 Å². The quantitative estimate of drug-likeness (QED) is 0.184. The van der Waals surface area contributed by atoms with Crippen molar-refractivity contribution >= 4 is 40.0 Å². The Bertz CT molecular complexity index is 694. The number of hydrogen-bond donors (Lipinski definition) is 3. The van der Waals surface area contributed by atoms with Crippen LogP contribution < -0.4 is 20.1 Å². The van der Waals surface area contributed by atoms with Gasteiger partial charge in [0.25, 0.3) is 0 Å². The second kappa shape index (κ2) is 12.4. The highest BCUT2D eigenvalue weighted by Gasteiger charge is 2.22. The fourth-order valence-electron chi connectivity index (χ4n) is 2.26. The molecule has 0 radical (unpaired) electrons. The van der Waals surface area contributed by atoms with Crippen molar-refractivity contribution in [2.45, 2.75) is 33.2 Å². The van der Waals surface area contributed by atoms with Crippen molar-refractivity contribution in [1.82, 2.24) is 15.4 Å². The van der Waals surface area contributed by atoms with E-state index in [2.05, 4.69) is 20.3 Å². The zero-order chi connectivity index (χ0) is 18.8. The zero-order valence-electron chi connectivity index (χ0n) is 16.0. The number of hydrogen-bond acceptors (Lipinski definition) is 4. The minimum Gasteiger partial charge on any atom is -0.493 e. The number of guanidine groups is 1. The molecule has 1 fully saturated rings. The molecule has 0 aliphatic heterocycles. The first-order chi connectivity index (χ1) is 12.5. The number of sulfonamides is 1. The average Bonchev–Trinajstić information content (AvgIpc) is 3.46. The Morgan fingerprint density at radius 1 is 1.19 bits per heavy atom. The second-order valence-corrected chi connectivity index (χ2v) is 8.38. The summed E-state index contributed by atoms with van der Waals surface area (Å²) in [6, 6.07) is 7.95. The van der Waals surface area contributed by atoms with Gasteiger partial charge in [-0.25, -0.2) is 18.1 Å². The van der Waals surface area contributed by atoms with Crippen molar-refractivity contribution in [3.63, 3.8) is 0 Å². The normalized spacial score (nSPS) is 14.4. The fraction of sp³-hybridized carbons (Fsp3) is 0.611. The Morgan fingerprint density at radius 3 is 2.59 bits per heavy atom. The number of halogens is 1. The number of benzene rings is 1. The first kappa shape index (κ1) is 24.0. The maximum atomic E-state index is 11.4. The van der Waals surface area contributed by atoms with Gasteiger partial charge in [-0.05, 0) is 38.7 Å². The van der Waals surface area contributed by atoms with Crippen LogP contribution in [-0.2, 0) is 16.6 Å². The Balaban J connectivity index is 0.00000364. The lowest BCUT2D eigenvalue weighted by atomic mass is 10.2. The molecule has 3 N–H and O–H groups in total. The van der Waals surface area contributed by atoms with Gasteiger partial charge in [0.2, 0.25) is 10.0 Å². The first-order valence-electron chi connectivity index (χ1n) is 9.24. The van der Waals surface area contributed by atoms with Crippen LogP contribution in [-0.4, -0.2) is 46.4 Å². The molecule has 0 unspecified atom stereocenters. The summed E-state index contributed by atoms with van der Waals surface area (Å²) in [5.41, 5.74) is 1.04. The lowest BCUT2D eigenvalue weighted by molar-refractivity contribution is 0.297. The van der Waals surface area contributed by atoms with Crippen LogP contribution in [0.15, 0.2) is 29.3 Å². The molecule has 1 saturated carbocycles. The number of nitrogens with one attached hydrogen (secondary N) is 3. The van der Waals surface area contributed by atoms with E-state index in [-0.39, 0.29) is 29.7 Å². The molecule has 0 atom stereocenters. The predicted octanol–water partition coefficient (Wildman–Crippen LogP) is 2.09. The van der Waals surface area contributed by atoms with E-state index in [1.807, 2.05) is 31.2 Å². The highest BCUT2D eigenvalue weighted by atomic mass is 127. The molecule has 154 valence electrons. The van der Waals surface area contributed by atoms with Crippen molar-refractivity contribution in [2.24, 2.45) is 10.9 Å². The molecule has 2 rings (SSSR count). The van der Waals surface area contributed by atoms with Crippen LogP contribution in [0.5, 0.6) is 5.75 Å². The summed E-state index contributed by atoms with van der Waals surface area (Å²) in [4.78, 5) is 4.58. The third-order valence-corrected chi connectivity index (χ3v) is 5.42. The third kappa shape index (κ3) is 9.61. The molecule has 0 bridgehead atoms. The van der Waals surface area contributed by atoms with Gasteiger partial charge in [0.05, 0.1) is 18.9 Å². The van der Waals surface area contributed by atoms with Crippen molar-refractivity contribution in [3.8, 4) is 5.75 Å². The minimum absolute atomic E-state index is 0. The standard InChI is InChI=1S/C18H30N4O3S.HI/c1-3-19-18(20-11-12-22-26(23,24)4-2)21-13-16-7-5-6-8-17(16)25-14-15-9-10-15;/h5-8,15,22H,3-4,9-14H2,1-2H3,(H2,19,20,21);1H. The summed E-state index contributed by atoms with van der Waals surface area (Å²) in [5, 5.41) is 6.30. The summed E-state index contributed by atoms with van der Waals surface area (Å²) in [6.07, 6.45) is 2.52. The smallest absolute Gasteiger partial charge is 0.211 e. The first-order valence-corrected chi connectivity index (χ1v) is 10.9. The molecule has 27 heavy (non-hydrogen) atoms. The molecule has 1 aliphatic carbocycles. The average molecular weight is 510 g/mol. The van der Waals surface area contributed by atoms with E-state index in [1.165, 1.54) is 12.8 Å². The lowest BCUT2D eigenvalue weighted by Gasteiger charge is -2.13. The summed E-state index contributed by atoms with van der Waals surface area (Å²) < 4.78 is 31.3. The number of para-hydroxylation sites is 1. The monoisotopic (exact) mass is 510 g/mol. The van der Waals surface area contributed by atoms with Gasteiger partial charge in [0.1, 0.15) is 5.75 Å². The van der Waals surface area contributed by atoms with Gasteiger partial charge in [0, 0.05) is 25.2 Å². The molecular weight excluding hydrogens is 479 g/mol. The number of aliphatic imine (C=N–C) groups is 1. The third-order valence-electron chi connectivity index (χ3n) is 4.02. The van der Waals surface area contributed by atoms with Crippen LogP contribution in [0.25, 0.3) is 0 Å². The Kier molecular flexibility index (Phi) is 11.0.